The van der Waals surface area contributed by atoms with E-state index >= 15 is 0 Å². The van der Waals surface area contributed by atoms with E-state index in [1.807, 2.05) is 54.6 Å². The minimum absolute atomic E-state index is 0.178. The number of fused-ring (bicyclic) bond motifs is 1. The second-order valence-electron chi connectivity index (χ2n) is 7.31. The molecular weight excluding hydrogens is 391 g/mol. The van der Waals surface area contributed by atoms with Crippen molar-refractivity contribution < 1.29 is 9.13 Å². The van der Waals surface area contributed by atoms with Crippen LogP contribution in [0.15, 0.2) is 90.4 Å². The van der Waals surface area contributed by atoms with E-state index in [-0.39, 0.29) is 11.7 Å². The van der Waals surface area contributed by atoms with Gasteiger partial charge in [-0.05, 0) is 41.0 Å². The molecule has 0 saturated carbocycles. The van der Waals surface area contributed by atoms with Crippen molar-refractivity contribution in [1.29, 1.82) is 0 Å². The van der Waals surface area contributed by atoms with Crippen molar-refractivity contribution >= 4 is 5.84 Å². The minimum atomic E-state index is -0.987. The molecule has 0 bridgehead atoms. The Hall–Kier alpha value is -4.06. The number of hydrogen-bond acceptors (Lipinski definition) is 5. The van der Waals surface area contributed by atoms with Crippen molar-refractivity contribution in [2.24, 2.45) is 10.7 Å². The zero-order chi connectivity index (χ0) is 21.4. The third kappa shape index (κ3) is 2.95. The monoisotopic (exact) mass is 410 g/mol. The van der Waals surface area contributed by atoms with Gasteiger partial charge in [0, 0.05) is 23.5 Å². The Morgan fingerprint density at radius 2 is 1.61 bits per heavy atom. The maximum atomic E-state index is 14.8. The highest BCUT2D eigenvalue weighted by Crippen LogP contribution is 2.47. The lowest BCUT2D eigenvalue weighted by Crippen LogP contribution is -2.25. The van der Waals surface area contributed by atoms with Crippen LogP contribution in [0.1, 0.15) is 22.3 Å². The summed E-state index contributed by atoms with van der Waals surface area (Å²) in [6.45, 7) is 0. The number of methoxy groups -OCH3 is 1. The van der Waals surface area contributed by atoms with Crippen molar-refractivity contribution in [1.82, 2.24) is 9.97 Å². The molecule has 1 unspecified atom stereocenters. The SMILES string of the molecule is COc1ccc(C2(c3cccc(-c4cncnc4)c3)N=C(N)c3c(F)cccc32)cc1. The van der Waals surface area contributed by atoms with Crippen LogP contribution >= 0.6 is 0 Å². The number of hydrogen-bond donors (Lipinski definition) is 1. The molecule has 0 amide bonds. The van der Waals surface area contributed by atoms with Gasteiger partial charge in [0.1, 0.15) is 29.3 Å². The normalized spacial score (nSPS) is 17.2. The van der Waals surface area contributed by atoms with Crippen LogP contribution in [0.25, 0.3) is 11.1 Å². The summed E-state index contributed by atoms with van der Waals surface area (Å²) < 4.78 is 20.1. The van der Waals surface area contributed by atoms with E-state index < -0.39 is 5.54 Å². The summed E-state index contributed by atoms with van der Waals surface area (Å²) in [6.07, 6.45) is 5.01. The molecule has 3 aromatic carbocycles. The Kier molecular flexibility index (Phi) is 4.47. The van der Waals surface area contributed by atoms with E-state index in [1.54, 1.807) is 25.6 Å². The fourth-order valence-electron chi connectivity index (χ4n) is 4.19. The van der Waals surface area contributed by atoms with Gasteiger partial charge in [-0.3, -0.25) is 0 Å². The topological polar surface area (TPSA) is 73.4 Å². The summed E-state index contributed by atoms with van der Waals surface area (Å²) in [4.78, 5) is 13.1. The molecule has 152 valence electrons. The number of halogens is 1. The van der Waals surface area contributed by atoms with Gasteiger partial charge < -0.3 is 10.5 Å². The van der Waals surface area contributed by atoms with Crippen LogP contribution in [-0.4, -0.2) is 22.9 Å². The molecule has 31 heavy (non-hydrogen) atoms. The number of nitrogens with two attached hydrogens (primary N) is 1. The van der Waals surface area contributed by atoms with Crippen molar-refractivity contribution in [3.05, 3.63) is 114 Å². The maximum absolute atomic E-state index is 14.8. The van der Waals surface area contributed by atoms with E-state index in [2.05, 4.69) is 9.97 Å². The first-order chi connectivity index (χ1) is 15.1. The van der Waals surface area contributed by atoms with Crippen LogP contribution in [0, 0.1) is 5.82 Å². The largest absolute Gasteiger partial charge is 0.497 e. The molecule has 0 fully saturated rings. The van der Waals surface area contributed by atoms with Crippen molar-refractivity contribution in [2.75, 3.05) is 7.11 Å². The fraction of sp³-hybridized carbons (Fsp3) is 0.0800. The number of aromatic nitrogens is 2. The molecule has 0 spiro atoms. The van der Waals surface area contributed by atoms with Gasteiger partial charge in [0.15, 0.2) is 0 Å². The van der Waals surface area contributed by atoms with Gasteiger partial charge in [-0.1, -0.05) is 42.5 Å². The quantitative estimate of drug-likeness (QED) is 0.544. The Morgan fingerprint density at radius 1 is 0.871 bits per heavy atom. The number of benzene rings is 3. The molecule has 5 nitrogen and oxygen atoms in total. The molecule has 5 rings (SSSR count). The van der Waals surface area contributed by atoms with Crippen LogP contribution in [0.3, 0.4) is 0 Å². The predicted molar refractivity (Wildman–Crippen MR) is 117 cm³/mol. The number of amidine groups is 1. The number of aliphatic imine (C=N–C) groups is 1. The lowest BCUT2D eigenvalue weighted by atomic mass is 9.77. The predicted octanol–water partition coefficient (Wildman–Crippen LogP) is 4.30. The summed E-state index contributed by atoms with van der Waals surface area (Å²) >= 11 is 0. The van der Waals surface area contributed by atoms with E-state index in [4.69, 9.17) is 15.5 Å². The Labute approximate surface area is 179 Å². The summed E-state index contributed by atoms with van der Waals surface area (Å²) in [5.41, 5.74) is 9.87. The number of rotatable bonds is 4. The Bertz CT molecular complexity index is 1290. The van der Waals surface area contributed by atoms with Crippen LogP contribution < -0.4 is 10.5 Å². The molecule has 2 N–H and O–H groups in total. The van der Waals surface area contributed by atoms with Crippen molar-refractivity contribution in [3.8, 4) is 16.9 Å². The summed E-state index contributed by atoms with van der Waals surface area (Å²) in [5, 5.41) is 0. The molecule has 1 aromatic heterocycles. The van der Waals surface area contributed by atoms with Gasteiger partial charge in [-0.25, -0.2) is 19.4 Å². The Balaban J connectivity index is 1.79. The summed E-state index contributed by atoms with van der Waals surface area (Å²) in [6, 6.07) is 20.5. The molecule has 4 aromatic rings. The zero-order valence-electron chi connectivity index (χ0n) is 16.8. The van der Waals surface area contributed by atoms with Crippen LogP contribution in [0.2, 0.25) is 0 Å². The van der Waals surface area contributed by atoms with E-state index in [0.29, 0.717) is 11.1 Å². The zero-order valence-corrected chi connectivity index (χ0v) is 16.8. The molecule has 0 aliphatic carbocycles. The lowest BCUT2D eigenvalue weighted by molar-refractivity contribution is 0.414. The first kappa shape index (κ1) is 18.9. The van der Waals surface area contributed by atoms with Gasteiger partial charge in [-0.15, -0.1) is 0 Å². The van der Waals surface area contributed by atoms with Crippen LogP contribution in [-0.2, 0) is 5.54 Å². The van der Waals surface area contributed by atoms with E-state index in [0.717, 1.165) is 28.0 Å². The average molecular weight is 410 g/mol. The fourth-order valence-corrected chi connectivity index (χ4v) is 4.19. The first-order valence-electron chi connectivity index (χ1n) is 9.78. The van der Waals surface area contributed by atoms with Gasteiger partial charge >= 0.3 is 0 Å². The highest BCUT2D eigenvalue weighted by molar-refractivity contribution is 6.03. The number of ether oxygens (including phenoxy) is 1. The van der Waals surface area contributed by atoms with Gasteiger partial charge in [0.05, 0.1) is 12.7 Å². The van der Waals surface area contributed by atoms with Gasteiger partial charge in [-0.2, -0.15) is 0 Å². The van der Waals surface area contributed by atoms with E-state index in [9.17, 15) is 4.39 Å². The smallest absolute Gasteiger partial charge is 0.139 e. The molecule has 1 aliphatic heterocycles. The second-order valence-corrected chi connectivity index (χ2v) is 7.31. The molecule has 0 saturated heterocycles. The summed E-state index contributed by atoms with van der Waals surface area (Å²) in [5.74, 6) is 0.516. The van der Waals surface area contributed by atoms with Crippen LogP contribution in [0.4, 0.5) is 4.39 Å². The highest BCUT2D eigenvalue weighted by atomic mass is 19.1. The minimum Gasteiger partial charge on any atom is -0.497 e. The second kappa shape index (κ2) is 7.32. The van der Waals surface area contributed by atoms with Gasteiger partial charge in [0.2, 0.25) is 0 Å². The third-order valence-electron chi connectivity index (χ3n) is 5.63. The Morgan fingerprint density at radius 3 is 2.35 bits per heavy atom. The maximum Gasteiger partial charge on any atom is 0.139 e. The molecule has 6 heteroatoms. The van der Waals surface area contributed by atoms with Crippen molar-refractivity contribution in [3.63, 3.8) is 0 Å². The molecular formula is C25H19FN4O. The van der Waals surface area contributed by atoms with E-state index in [1.165, 1.54) is 12.4 Å². The highest BCUT2D eigenvalue weighted by Gasteiger charge is 2.44. The summed E-state index contributed by atoms with van der Waals surface area (Å²) in [7, 11) is 1.62. The standard InChI is InChI=1S/C25H19FN4O/c1-31-20-10-8-18(9-11-20)25(21-6-3-7-22(26)23(21)24(27)30-25)19-5-2-4-16(12-19)17-13-28-15-29-14-17/h2-15H,1H3,(H2,27,30). The molecule has 0 radical (unpaired) electrons. The molecule has 1 aliphatic rings. The first-order valence-corrected chi connectivity index (χ1v) is 9.78. The lowest BCUT2D eigenvalue weighted by Gasteiger charge is -2.29. The number of nitrogens with zero attached hydrogens (tertiary/aromatic N) is 3. The van der Waals surface area contributed by atoms with Crippen molar-refractivity contribution in [2.45, 2.75) is 5.54 Å². The molecule has 1 atom stereocenters. The van der Waals surface area contributed by atoms with Gasteiger partial charge in [0.25, 0.3) is 0 Å². The average Bonchev–Trinajstić information content (AvgIpc) is 3.14. The molecule has 2 heterocycles. The third-order valence-corrected chi connectivity index (χ3v) is 5.63. The van der Waals surface area contributed by atoms with Crippen LogP contribution in [0.5, 0.6) is 5.75 Å².